The van der Waals surface area contributed by atoms with Crippen LogP contribution in [0.15, 0.2) is 29.2 Å². The van der Waals surface area contributed by atoms with Crippen molar-refractivity contribution in [3.05, 3.63) is 40.5 Å². The Morgan fingerprint density at radius 3 is 2.86 bits per heavy atom. The van der Waals surface area contributed by atoms with E-state index in [0.717, 1.165) is 0 Å². The van der Waals surface area contributed by atoms with E-state index in [2.05, 4.69) is 20.3 Å². The van der Waals surface area contributed by atoms with Crippen LogP contribution < -0.4 is 11.1 Å². The summed E-state index contributed by atoms with van der Waals surface area (Å²) in [5.74, 6) is -0.518. The molecule has 0 saturated heterocycles. The zero-order valence-corrected chi connectivity index (χ0v) is 16.1. The van der Waals surface area contributed by atoms with Gasteiger partial charge in [0.25, 0.3) is 5.91 Å². The van der Waals surface area contributed by atoms with Gasteiger partial charge in [0.1, 0.15) is 11.6 Å². The number of anilines is 3. The van der Waals surface area contributed by atoms with Gasteiger partial charge in [-0.3, -0.25) is 4.79 Å². The van der Waals surface area contributed by atoms with Crippen molar-refractivity contribution in [1.29, 1.82) is 0 Å². The number of rotatable bonds is 4. The van der Waals surface area contributed by atoms with E-state index in [1.807, 2.05) is 0 Å². The van der Waals surface area contributed by atoms with Gasteiger partial charge in [-0.05, 0) is 12.1 Å². The normalized spacial score (nSPS) is 16.8. The number of nitrogens with two attached hydrogens (primary N) is 1. The minimum absolute atomic E-state index is 0.0279. The largest absolute Gasteiger partial charge is 0.389 e. The highest BCUT2D eigenvalue weighted by Crippen LogP contribution is 2.44. The Labute approximate surface area is 167 Å². The van der Waals surface area contributed by atoms with Crippen LogP contribution in [0.3, 0.4) is 0 Å². The first-order valence-electron chi connectivity index (χ1n) is 8.68. The third-order valence-electron chi connectivity index (χ3n) is 4.73. The Kier molecular flexibility index (Phi) is 4.69. The van der Waals surface area contributed by atoms with Crippen LogP contribution in [0, 0.1) is 0 Å². The molecule has 4 rings (SSSR count). The molecule has 1 aliphatic heterocycles. The summed E-state index contributed by atoms with van der Waals surface area (Å²) in [6.45, 7) is -0.0279. The van der Waals surface area contributed by atoms with E-state index < -0.39 is 18.5 Å². The van der Waals surface area contributed by atoms with Crippen molar-refractivity contribution in [2.24, 2.45) is 0 Å². The number of thiazole rings is 1. The van der Waals surface area contributed by atoms with Gasteiger partial charge in [0.05, 0.1) is 28.9 Å². The lowest BCUT2D eigenvalue weighted by molar-refractivity contribution is -0.139. The van der Waals surface area contributed by atoms with Gasteiger partial charge in [-0.25, -0.2) is 9.97 Å². The number of hydrogen-bond donors (Lipinski definition) is 3. The van der Waals surface area contributed by atoms with E-state index in [4.69, 9.17) is 5.73 Å². The lowest BCUT2D eigenvalue weighted by atomic mass is 9.92. The molecule has 11 heteroatoms. The van der Waals surface area contributed by atoms with Crippen molar-refractivity contribution in [3.8, 4) is 11.3 Å². The maximum absolute atomic E-state index is 13.2. The highest BCUT2D eigenvalue weighted by Gasteiger charge is 2.41. The molecule has 152 valence electrons. The lowest BCUT2D eigenvalue weighted by Crippen LogP contribution is -2.38. The first-order valence-corrected chi connectivity index (χ1v) is 9.62. The third-order valence-corrected chi connectivity index (χ3v) is 5.31. The number of nitrogen functional groups attached to an aromatic ring is 1. The maximum atomic E-state index is 13.2. The molecule has 1 aliphatic rings. The van der Waals surface area contributed by atoms with Crippen LogP contribution in [0.4, 0.5) is 30.5 Å². The number of carbonyl (C=O) groups is 1. The van der Waals surface area contributed by atoms with Gasteiger partial charge >= 0.3 is 6.18 Å². The molecule has 0 saturated carbocycles. The second-order valence-electron chi connectivity index (χ2n) is 6.83. The fourth-order valence-electron chi connectivity index (χ4n) is 3.54. The Hall–Kier alpha value is -3.08. The average Bonchev–Trinajstić information content (AvgIpc) is 3.27. The van der Waals surface area contributed by atoms with E-state index in [0.29, 0.717) is 22.8 Å². The number of hydrogen-bond acceptors (Lipinski definition) is 6. The zero-order valence-electron chi connectivity index (χ0n) is 15.2. The topological polar surface area (TPSA) is 99.9 Å². The number of aromatic amines is 1. The number of H-pyrrole nitrogens is 1. The molecule has 4 heterocycles. The van der Waals surface area contributed by atoms with Crippen LogP contribution in [0.1, 0.15) is 28.4 Å². The molecule has 7 nitrogen and oxygen atoms in total. The van der Waals surface area contributed by atoms with Gasteiger partial charge in [-0.1, -0.05) is 0 Å². The van der Waals surface area contributed by atoms with Gasteiger partial charge in [0.15, 0.2) is 0 Å². The van der Waals surface area contributed by atoms with E-state index in [9.17, 15) is 18.0 Å². The molecule has 0 bridgehead atoms. The van der Waals surface area contributed by atoms with Gasteiger partial charge < -0.3 is 20.9 Å². The molecule has 3 aromatic heterocycles. The van der Waals surface area contributed by atoms with Crippen molar-refractivity contribution in [1.82, 2.24) is 19.9 Å². The Morgan fingerprint density at radius 2 is 2.21 bits per heavy atom. The van der Waals surface area contributed by atoms with Crippen molar-refractivity contribution in [3.63, 3.8) is 0 Å². The number of nitrogens with zero attached hydrogens (tertiary/aromatic N) is 3. The minimum atomic E-state index is -4.36. The molecule has 0 fully saturated rings. The summed E-state index contributed by atoms with van der Waals surface area (Å²) in [4.78, 5) is 25.4. The van der Waals surface area contributed by atoms with Gasteiger partial charge in [0.2, 0.25) is 0 Å². The van der Waals surface area contributed by atoms with Gasteiger partial charge in [-0.2, -0.15) is 13.2 Å². The van der Waals surface area contributed by atoms with E-state index in [-0.39, 0.29) is 29.5 Å². The minimum Gasteiger partial charge on any atom is -0.384 e. The van der Waals surface area contributed by atoms with Crippen molar-refractivity contribution < 1.29 is 18.0 Å². The Balaban J connectivity index is 1.91. The lowest BCUT2D eigenvalue weighted by Gasteiger charge is -2.30. The summed E-state index contributed by atoms with van der Waals surface area (Å²) in [5, 5.41) is 4.84. The fourth-order valence-corrected chi connectivity index (χ4v) is 4.02. The predicted octanol–water partition coefficient (Wildman–Crippen LogP) is 3.98. The standard InChI is InChI=1S/C18H17F3N6OS/c1-27-6-10(5-18(19,20)21)14-13(17(27)28)16(25-12-7-29-8-24-12)15(26-14)9-2-3-23-11(22)4-9/h2-4,7-8,10,25-26H,5-6H2,1H3,(H2,22,23). The van der Waals surface area contributed by atoms with E-state index in [1.165, 1.54) is 29.5 Å². The van der Waals surface area contributed by atoms with Crippen LogP contribution in [-0.4, -0.2) is 45.5 Å². The molecule has 4 N–H and O–H groups in total. The molecule has 0 aliphatic carbocycles. The van der Waals surface area contributed by atoms with E-state index >= 15 is 0 Å². The van der Waals surface area contributed by atoms with Crippen molar-refractivity contribution in [2.75, 3.05) is 24.6 Å². The summed E-state index contributed by atoms with van der Waals surface area (Å²) < 4.78 is 39.5. The molecule has 29 heavy (non-hydrogen) atoms. The molecule has 0 spiro atoms. The Morgan fingerprint density at radius 1 is 1.41 bits per heavy atom. The van der Waals surface area contributed by atoms with Crippen LogP contribution in [0.2, 0.25) is 0 Å². The highest BCUT2D eigenvalue weighted by molar-refractivity contribution is 7.07. The third kappa shape index (κ3) is 3.77. The molecule has 1 amide bonds. The van der Waals surface area contributed by atoms with E-state index in [1.54, 1.807) is 23.0 Å². The molecule has 0 aromatic carbocycles. The number of halogens is 3. The quantitative estimate of drug-likeness (QED) is 0.591. The van der Waals surface area contributed by atoms with Gasteiger partial charge in [-0.15, -0.1) is 11.3 Å². The highest BCUT2D eigenvalue weighted by atomic mass is 32.1. The molecule has 3 aromatic rings. The zero-order chi connectivity index (χ0) is 20.8. The number of alkyl halides is 3. The average molecular weight is 422 g/mol. The monoisotopic (exact) mass is 422 g/mol. The van der Waals surface area contributed by atoms with Crippen LogP contribution >= 0.6 is 11.3 Å². The van der Waals surface area contributed by atoms with Crippen molar-refractivity contribution >= 4 is 34.6 Å². The fraction of sp³-hybridized carbons (Fsp3) is 0.278. The SMILES string of the molecule is CN1CC(CC(F)(F)F)c2[nH]c(-c3ccnc(N)c3)c(Nc3cscn3)c2C1=O. The number of nitrogens with one attached hydrogen (secondary N) is 2. The number of likely N-dealkylation sites (N-methyl/N-ethyl adjacent to an activating group) is 1. The molecule has 1 unspecified atom stereocenters. The van der Waals surface area contributed by atoms with Crippen molar-refractivity contribution in [2.45, 2.75) is 18.5 Å². The number of amides is 1. The summed E-state index contributed by atoms with van der Waals surface area (Å²) in [6.07, 6.45) is -3.90. The summed E-state index contributed by atoms with van der Waals surface area (Å²) in [7, 11) is 1.50. The number of aromatic nitrogens is 3. The molecular formula is C18H17F3N6OS. The predicted molar refractivity (Wildman–Crippen MR) is 104 cm³/mol. The Bertz CT molecular complexity index is 1050. The van der Waals surface area contributed by atoms with Crippen LogP contribution in [0.5, 0.6) is 0 Å². The van der Waals surface area contributed by atoms with Crippen LogP contribution in [-0.2, 0) is 0 Å². The molecular weight excluding hydrogens is 405 g/mol. The first-order chi connectivity index (χ1) is 13.7. The second-order valence-corrected chi connectivity index (χ2v) is 7.55. The number of carbonyl (C=O) groups excluding carboxylic acids is 1. The van der Waals surface area contributed by atoms with Gasteiger partial charge in [0, 0.05) is 42.3 Å². The molecule has 0 radical (unpaired) electrons. The summed E-state index contributed by atoms with van der Waals surface area (Å²) in [6, 6.07) is 3.27. The second kappa shape index (κ2) is 7.07. The van der Waals surface area contributed by atoms with Crippen LogP contribution in [0.25, 0.3) is 11.3 Å². The maximum Gasteiger partial charge on any atom is 0.389 e. The number of pyridine rings is 1. The molecule has 1 atom stereocenters. The number of fused-ring (bicyclic) bond motifs is 1. The first kappa shape index (κ1) is 19.2. The summed E-state index contributed by atoms with van der Waals surface area (Å²) >= 11 is 1.35. The smallest absolute Gasteiger partial charge is 0.384 e. The summed E-state index contributed by atoms with van der Waals surface area (Å²) in [5.41, 5.74) is 9.29.